The Morgan fingerprint density at radius 3 is 2.59 bits per heavy atom. The summed E-state index contributed by atoms with van der Waals surface area (Å²) < 4.78 is 14.8. The van der Waals surface area contributed by atoms with E-state index in [-0.39, 0.29) is 12.4 Å². The molecule has 0 aliphatic carbocycles. The molecule has 0 fully saturated rings. The Labute approximate surface area is 131 Å². The number of halogens is 2. The zero-order chi connectivity index (χ0) is 15.5. The van der Waals surface area contributed by atoms with Crippen molar-refractivity contribution in [1.82, 2.24) is 15.0 Å². The Hall–Kier alpha value is -2.24. The Bertz CT molecular complexity index is 786. The molecule has 0 aliphatic heterocycles. The first-order valence-corrected chi connectivity index (χ1v) is 7.09. The van der Waals surface area contributed by atoms with Gasteiger partial charge in [-0.15, -0.1) is 5.10 Å². The number of benzene rings is 2. The lowest BCUT2D eigenvalue weighted by Crippen LogP contribution is -2.04. The first-order chi connectivity index (χ1) is 10.7. The van der Waals surface area contributed by atoms with Crippen molar-refractivity contribution in [2.24, 2.45) is 0 Å². The van der Waals surface area contributed by atoms with E-state index >= 15 is 0 Å². The summed E-state index contributed by atoms with van der Waals surface area (Å²) in [6.45, 7) is 0.225. The van der Waals surface area contributed by atoms with E-state index in [0.717, 1.165) is 11.1 Å². The molecule has 2 aromatic carbocycles. The van der Waals surface area contributed by atoms with Crippen LogP contribution < -0.4 is 0 Å². The monoisotopic (exact) mass is 317 g/mol. The van der Waals surface area contributed by atoms with E-state index in [4.69, 9.17) is 11.6 Å². The van der Waals surface area contributed by atoms with E-state index in [0.29, 0.717) is 23.0 Å². The molecule has 1 N–H and O–H groups in total. The van der Waals surface area contributed by atoms with Crippen LogP contribution in [0.25, 0.3) is 11.3 Å². The van der Waals surface area contributed by atoms with Gasteiger partial charge in [0, 0.05) is 10.6 Å². The molecule has 0 unspecified atom stereocenters. The minimum atomic E-state index is -0.317. The molecule has 6 heteroatoms. The van der Waals surface area contributed by atoms with Gasteiger partial charge in [-0.05, 0) is 42.0 Å². The van der Waals surface area contributed by atoms with Crippen molar-refractivity contribution in [2.75, 3.05) is 0 Å². The van der Waals surface area contributed by atoms with Crippen LogP contribution in [0, 0.1) is 5.82 Å². The minimum Gasteiger partial charge on any atom is -0.390 e. The molecule has 0 spiro atoms. The van der Waals surface area contributed by atoms with Crippen molar-refractivity contribution in [3.8, 4) is 11.3 Å². The van der Waals surface area contributed by atoms with Gasteiger partial charge in [0.05, 0.1) is 18.8 Å². The lowest BCUT2D eigenvalue weighted by atomic mass is 10.1. The predicted octanol–water partition coefficient (Wildman–Crippen LogP) is 3.28. The lowest BCUT2D eigenvalue weighted by Gasteiger charge is -2.08. The topological polar surface area (TPSA) is 50.9 Å². The summed E-state index contributed by atoms with van der Waals surface area (Å²) in [5.41, 5.74) is 2.83. The van der Waals surface area contributed by atoms with Gasteiger partial charge in [-0.1, -0.05) is 28.9 Å². The second-order valence-corrected chi connectivity index (χ2v) is 5.27. The zero-order valence-electron chi connectivity index (χ0n) is 11.6. The molecule has 0 amide bonds. The average Bonchev–Trinajstić information content (AvgIpc) is 2.91. The second-order valence-electron chi connectivity index (χ2n) is 4.84. The van der Waals surface area contributed by atoms with Crippen molar-refractivity contribution in [3.05, 3.63) is 70.6 Å². The number of aliphatic hydroxyl groups is 1. The van der Waals surface area contributed by atoms with Crippen molar-refractivity contribution in [3.63, 3.8) is 0 Å². The summed E-state index contributed by atoms with van der Waals surface area (Å²) in [6, 6.07) is 13.5. The van der Waals surface area contributed by atoms with E-state index in [1.165, 1.54) is 12.1 Å². The van der Waals surface area contributed by atoms with E-state index in [1.807, 2.05) is 18.2 Å². The van der Waals surface area contributed by atoms with Crippen molar-refractivity contribution >= 4 is 11.6 Å². The van der Waals surface area contributed by atoms with Crippen LogP contribution in [0.5, 0.6) is 0 Å². The third-order valence-electron chi connectivity index (χ3n) is 3.29. The van der Waals surface area contributed by atoms with Crippen molar-refractivity contribution in [2.45, 2.75) is 13.2 Å². The molecule has 0 bridgehead atoms. The van der Waals surface area contributed by atoms with Crippen LogP contribution >= 0.6 is 11.6 Å². The molecule has 0 atom stereocenters. The Morgan fingerprint density at radius 2 is 1.91 bits per heavy atom. The van der Waals surface area contributed by atoms with Gasteiger partial charge in [-0.2, -0.15) is 0 Å². The van der Waals surface area contributed by atoms with Gasteiger partial charge in [-0.25, -0.2) is 9.07 Å². The average molecular weight is 318 g/mol. The zero-order valence-corrected chi connectivity index (χ0v) is 12.3. The van der Waals surface area contributed by atoms with Crippen LogP contribution in [0.15, 0.2) is 48.5 Å². The highest BCUT2D eigenvalue weighted by molar-refractivity contribution is 6.30. The van der Waals surface area contributed by atoms with E-state index in [1.54, 1.807) is 22.9 Å². The fourth-order valence-corrected chi connectivity index (χ4v) is 2.51. The summed E-state index contributed by atoms with van der Waals surface area (Å²) in [6.07, 6.45) is 0. The molecule has 1 aromatic heterocycles. The van der Waals surface area contributed by atoms with E-state index in [9.17, 15) is 9.50 Å². The summed E-state index contributed by atoms with van der Waals surface area (Å²) in [5.74, 6) is -0.317. The maximum atomic E-state index is 13.1. The number of aromatic nitrogens is 3. The van der Waals surface area contributed by atoms with Gasteiger partial charge >= 0.3 is 0 Å². The number of hydrogen-bond acceptors (Lipinski definition) is 3. The number of hydrogen-bond donors (Lipinski definition) is 1. The molecule has 3 aromatic rings. The maximum Gasteiger partial charge on any atom is 0.123 e. The van der Waals surface area contributed by atoms with E-state index in [2.05, 4.69) is 10.3 Å². The lowest BCUT2D eigenvalue weighted by molar-refractivity contribution is 0.277. The quantitative estimate of drug-likeness (QED) is 0.803. The number of aliphatic hydroxyl groups excluding tert-OH is 1. The van der Waals surface area contributed by atoms with Crippen LogP contribution in [0.4, 0.5) is 4.39 Å². The van der Waals surface area contributed by atoms with Crippen LogP contribution in [0.3, 0.4) is 0 Å². The summed E-state index contributed by atoms with van der Waals surface area (Å²) in [4.78, 5) is 0. The van der Waals surface area contributed by atoms with Crippen LogP contribution in [0.2, 0.25) is 5.02 Å². The molecule has 22 heavy (non-hydrogen) atoms. The standard InChI is InChI=1S/C16H13ClFN3O/c17-13-3-1-2-11(8-13)9-21-16(15(10-22)19-20-21)12-4-6-14(18)7-5-12/h1-8,22H,9-10H2. The van der Waals surface area contributed by atoms with Crippen molar-refractivity contribution in [1.29, 1.82) is 0 Å². The third-order valence-corrected chi connectivity index (χ3v) is 3.53. The Kier molecular flexibility index (Phi) is 4.18. The van der Waals surface area contributed by atoms with E-state index < -0.39 is 0 Å². The molecule has 112 valence electrons. The molecule has 3 rings (SSSR count). The highest BCUT2D eigenvalue weighted by Crippen LogP contribution is 2.24. The van der Waals surface area contributed by atoms with Crippen LogP contribution in [-0.4, -0.2) is 20.1 Å². The van der Waals surface area contributed by atoms with Crippen LogP contribution in [0.1, 0.15) is 11.3 Å². The van der Waals surface area contributed by atoms with Gasteiger partial charge < -0.3 is 5.11 Å². The molecule has 0 saturated carbocycles. The molecular weight excluding hydrogens is 305 g/mol. The summed E-state index contributed by atoms with van der Waals surface area (Å²) in [5, 5.41) is 18.2. The number of rotatable bonds is 4. The van der Waals surface area contributed by atoms with Gasteiger partial charge in [-0.3, -0.25) is 0 Å². The Balaban J connectivity index is 2.02. The summed E-state index contributed by atoms with van der Waals surface area (Å²) >= 11 is 5.99. The fourth-order valence-electron chi connectivity index (χ4n) is 2.30. The highest BCUT2D eigenvalue weighted by Gasteiger charge is 2.14. The summed E-state index contributed by atoms with van der Waals surface area (Å²) in [7, 11) is 0. The van der Waals surface area contributed by atoms with Crippen LogP contribution in [-0.2, 0) is 13.2 Å². The molecule has 4 nitrogen and oxygen atoms in total. The van der Waals surface area contributed by atoms with Gasteiger partial charge in [0.25, 0.3) is 0 Å². The molecular formula is C16H13ClFN3O. The van der Waals surface area contributed by atoms with Gasteiger partial charge in [0.15, 0.2) is 0 Å². The second kappa shape index (κ2) is 6.25. The predicted molar refractivity (Wildman–Crippen MR) is 81.9 cm³/mol. The normalized spacial score (nSPS) is 10.9. The molecule has 1 heterocycles. The van der Waals surface area contributed by atoms with Gasteiger partial charge in [0.2, 0.25) is 0 Å². The Morgan fingerprint density at radius 1 is 1.14 bits per heavy atom. The minimum absolute atomic E-state index is 0.234. The maximum absolute atomic E-state index is 13.1. The smallest absolute Gasteiger partial charge is 0.123 e. The highest BCUT2D eigenvalue weighted by atomic mass is 35.5. The first-order valence-electron chi connectivity index (χ1n) is 6.71. The molecule has 0 saturated heterocycles. The molecule has 0 aliphatic rings. The first kappa shape index (κ1) is 14.7. The number of nitrogens with zero attached hydrogens (tertiary/aromatic N) is 3. The van der Waals surface area contributed by atoms with Crippen molar-refractivity contribution < 1.29 is 9.50 Å². The fraction of sp³-hybridized carbons (Fsp3) is 0.125. The van der Waals surface area contributed by atoms with Gasteiger partial charge in [0.1, 0.15) is 11.5 Å². The molecule has 0 radical (unpaired) electrons. The largest absolute Gasteiger partial charge is 0.390 e. The SMILES string of the molecule is OCc1nnn(Cc2cccc(Cl)c2)c1-c1ccc(F)cc1. The third kappa shape index (κ3) is 3.00.